The average Bonchev–Trinajstić information content (AvgIpc) is 3.57. The number of likely N-dealkylation sites (tertiary alicyclic amines) is 1. The Bertz CT molecular complexity index is 900. The van der Waals surface area contributed by atoms with Crippen LogP contribution in [0.3, 0.4) is 0 Å². The van der Waals surface area contributed by atoms with Gasteiger partial charge in [0.1, 0.15) is 0 Å². The molecule has 4 rings (SSSR count). The lowest BCUT2D eigenvalue weighted by atomic mass is 9.66. The van der Waals surface area contributed by atoms with E-state index in [1.54, 1.807) is 0 Å². The normalized spacial score (nSPS) is 23.1. The highest BCUT2D eigenvalue weighted by molar-refractivity contribution is 5.95. The maximum absolute atomic E-state index is 13.3. The van der Waals surface area contributed by atoms with Crippen molar-refractivity contribution in [3.05, 3.63) is 35.4 Å². The van der Waals surface area contributed by atoms with Crippen LogP contribution in [0.1, 0.15) is 74.2 Å². The molecule has 2 amide bonds. The number of benzene rings is 1. The third-order valence-corrected chi connectivity index (χ3v) is 7.89. The van der Waals surface area contributed by atoms with E-state index in [0.29, 0.717) is 18.9 Å². The number of nitrogens with two attached hydrogens (primary N) is 1. The van der Waals surface area contributed by atoms with E-state index in [-0.39, 0.29) is 34.9 Å². The van der Waals surface area contributed by atoms with Gasteiger partial charge in [0.2, 0.25) is 5.91 Å². The molecule has 1 aromatic rings. The largest absolute Gasteiger partial charge is 0.421 e. The molecule has 34 heavy (non-hydrogen) atoms. The Morgan fingerprint density at radius 2 is 1.65 bits per heavy atom. The maximum atomic E-state index is 13.3. The van der Waals surface area contributed by atoms with Crippen LogP contribution in [0.5, 0.6) is 0 Å². The minimum Gasteiger partial charge on any atom is -0.376 e. The standard InChI is InChI=1S/C25H34F3N3O3/c1-23(34,25(26,27)28)18-5-3-17(4-6-18)22(33)31(19-7-8-19)20-9-13-30(14-10-20)16-24(11-2-12-24)15-21(29)32/h3-6,19-20,34H,2,7-16H2,1H3,(H2,29,32). The fourth-order valence-corrected chi connectivity index (χ4v) is 5.50. The van der Waals surface area contributed by atoms with Gasteiger partial charge in [0.05, 0.1) is 0 Å². The van der Waals surface area contributed by atoms with Crippen LogP contribution in [0.15, 0.2) is 24.3 Å². The summed E-state index contributed by atoms with van der Waals surface area (Å²) < 4.78 is 39.4. The second kappa shape index (κ2) is 9.15. The molecule has 1 heterocycles. The van der Waals surface area contributed by atoms with E-state index >= 15 is 0 Å². The first-order chi connectivity index (χ1) is 15.9. The highest BCUT2D eigenvalue weighted by Gasteiger charge is 2.51. The van der Waals surface area contributed by atoms with Gasteiger partial charge in [-0.15, -0.1) is 0 Å². The number of carbonyl (C=O) groups is 2. The Kier molecular flexibility index (Phi) is 6.72. The second-order valence-electron chi connectivity index (χ2n) is 10.6. The van der Waals surface area contributed by atoms with E-state index in [0.717, 1.165) is 64.6 Å². The average molecular weight is 482 g/mol. The van der Waals surface area contributed by atoms with Crippen LogP contribution in [0.4, 0.5) is 13.2 Å². The molecule has 3 N–H and O–H groups in total. The topological polar surface area (TPSA) is 86.9 Å². The fraction of sp³-hybridized carbons (Fsp3) is 0.680. The summed E-state index contributed by atoms with van der Waals surface area (Å²) in [4.78, 5) is 29.1. The SMILES string of the molecule is CC(O)(c1ccc(C(=O)N(C2CC2)C2CCN(CC3(CC(N)=O)CCC3)CC2)cc1)C(F)(F)F. The Morgan fingerprint density at radius 3 is 2.09 bits per heavy atom. The zero-order valence-corrected chi connectivity index (χ0v) is 19.6. The molecule has 1 unspecified atom stereocenters. The molecule has 2 aliphatic carbocycles. The summed E-state index contributed by atoms with van der Waals surface area (Å²) in [6.45, 7) is 3.26. The molecule has 0 radical (unpaired) electrons. The van der Waals surface area contributed by atoms with Crippen LogP contribution < -0.4 is 5.73 Å². The van der Waals surface area contributed by atoms with Crippen molar-refractivity contribution in [2.45, 2.75) is 82.2 Å². The molecular weight excluding hydrogens is 447 g/mol. The van der Waals surface area contributed by atoms with Gasteiger partial charge in [-0.05, 0) is 68.6 Å². The molecule has 6 nitrogen and oxygen atoms in total. The lowest BCUT2D eigenvalue weighted by Gasteiger charge is -2.47. The van der Waals surface area contributed by atoms with Crippen LogP contribution in [0.25, 0.3) is 0 Å². The third kappa shape index (κ3) is 5.10. The predicted octanol–water partition coefficient (Wildman–Crippen LogP) is 3.57. The number of amides is 2. The van der Waals surface area contributed by atoms with E-state index in [4.69, 9.17) is 5.73 Å². The maximum Gasteiger partial charge on any atom is 0.421 e. The van der Waals surface area contributed by atoms with Gasteiger partial charge in [-0.3, -0.25) is 9.59 Å². The lowest BCUT2D eigenvalue weighted by Crippen LogP contribution is -2.51. The van der Waals surface area contributed by atoms with Crippen LogP contribution >= 0.6 is 0 Å². The number of alkyl halides is 3. The van der Waals surface area contributed by atoms with Gasteiger partial charge in [0, 0.05) is 43.7 Å². The summed E-state index contributed by atoms with van der Waals surface area (Å²) in [5.74, 6) is -0.411. The molecule has 3 fully saturated rings. The minimum atomic E-state index is -4.80. The number of carbonyl (C=O) groups excluding carboxylic acids is 2. The van der Waals surface area contributed by atoms with E-state index in [9.17, 15) is 27.9 Å². The molecule has 1 saturated heterocycles. The molecule has 0 aromatic heterocycles. The molecule has 1 aliphatic heterocycles. The molecule has 9 heteroatoms. The Hall–Kier alpha value is -2.13. The van der Waals surface area contributed by atoms with Crippen molar-refractivity contribution in [3.63, 3.8) is 0 Å². The van der Waals surface area contributed by atoms with Crippen molar-refractivity contribution in [1.29, 1.82) is 0 Å². The van der Waals surface area contributed by atoms with Crippen molar-refractivity contribution in [2.24, 2.45) is 11.1 Å². The van der Waals surface area contributed by atoms with Crippen LogP contribution in [-0.4, -0.2) is 64.6 Å². The Morgan fingerprint density at radius 1 is 1.09 bits per heavy atom. The first-order valence-electron chi connectivity index (χ1n) is 12.1. The smallest absolute Gasteiger partial charge is 0.376 e. The zero-order valence-electron chi connectivity index (χ0n) is 19.6. The molecule has 0 spiro atoms. The van der Waals surface area contributed by atoms with Crippen LogP contribution in [0, 0.1) is 5.41 Å². The summed E-state index contributed by atoms with van der Waals surface area (Å²) in [6.07, 6.45) is 2.35. The summed E-state index contributed by atoms with van der Waals surface area (Å²) in [6, 6.07) is 5.40. The number of halogens is 3. The van der Waals surface area contributed by atoms with Crippen molar-refractivity contribution in [3.8, 4) is 0 Å². The number of piperidine rings is 1. The number of nitrogens with zero attached hydrogens (tertiary/aromatic N) is 2. The minimum absolute atomic E-state index is 0.00400. The van der Waals surface area contributed by atoms with E-state index in [1.807, 2.05) is 4.90 Å². The summed E-state index contributed by atoms with van der Waals surface area (Å²) in [5.41, 5.74) is 2.55. The molecular formula is C25H34F3N3O3. The Balaban J connectivity index is 1.39. The summed E-state index contributed by atoms with van der Waals surface area (Å²) >= 11 is 0. The highest BCUT2D eigenvalue weighted by Crippen LogP contribution is 2.45. The van der Waals surface area contributed by atoms with E-state index in [1.165, 1.54) is 24.3 Å². The zero-order chi connectivity index (χ0) is 24.7. The molecule has 2 saturated carbocycles. The van der Waals surface area contributed by atoms with Crippen molar-refractivity contribution in [1.82, 2.24) is 9.80 Å². The van der Waals surface area contributed by atoms with Gasteiger partial charge < -0.3 is 20.6 Å². The monoisotopic (exact) mass is 481 g/mol. The fourth-order valence-electron chi connectivity index (χ4n) is 5.50. The molecule has 1 atom stereocenters. The van der Waals surface area contributed by atoms with Crippen molar-refractivity contribution in [2.75, 3.05) is 19.6 Å². The number of primary amides is 1. The van der Waals surface area contributed by atoms with Crippen molar-refractivity contribution >= 4 is 11.8 Å². The number of hydrogen-bond acceptors (Lipinski definition) is 4. The molecule has 1 aromatic carbocycles. The van der Waals surface area contributed by atoms with Gasteiger partial charge in [0.15, 0.2) is 5.60 Å². The van der Waals surface area contributed by atoms with Gasteiger partial charge in [0.25, 0.3) is 5.91 Å². The van der Waals surface area contributed by atoms with E-state index in [2.05, 4.69) is 4.90 Å². The molecule has 3 aliphatic rings. The number of aliphatic hydroxyl groups is 1. The predicted molar refractivity (Wildman–Crippen MR) is 121 cm³/mol. The third-order valence-electron chi connectivity index (χ3n) is 7.89. The van der Waals surface area contributed by atoms with Gasteiger partial charge >= 0.3 is 6.18 Å². The highest BCUT2D eigenvalue weighted by atomic mass is 19.4. The van der Waals surface area contributed by atoms with Crippen molar-refractivity contribution < 1.29 is 27.9 Å². The summed E-state index contributed by atoms with van der Waals surface area (Å²) in [5, 5.41) is 9.89. The summed E-state index contributed by atoms with van der Waals surface area (Å²) in [7, 11) is 0. The molecule has 188 valence electrons. The van der Waals surface area contributed by atoms with E-state index < -0.39 is 11.8 Å². The van der Waals surface area contributed by atoms with Gasteiger partial charge in [-0.25, -0.2) is 0 Å². The van der Waals surface area contributed by atoms with Crippen LogP contribution in [0.2, 0.25) is 0 Å². The van der Waals surface area contributed by atoms with Crippen LogP contribution in [-0.2, 0) is 10.4 Å². The molecule has 0 bridgehead atoms. The Labute approximate surface area is 198 Å². The quantitative estimate of drug-likeness (QED) is 0.594. The first kappa shape index (κ1) is 25.0. The van der Waals surface area contributed by atoms with Gasteiger partial charge in [-0.1, -0.05) is 18.6 Å². The number of rotatable bonds is 8. The van der Waals surface area contributed by atoms with Gasteiger partial charge in [-0.2, -0.15) is 13.2 Å². The first-order valence-corrected chi connectivity index (χ1v) is 12.1. The number of hydrogen-bond donors (Lipinski definition) is 2. The second-order valence-corrected chi connectivity index (χ2v) is 10.6. The lowest BCUT2D eigenvalue weighted by molar-refractivity contribution is -0.258.